The SMILES string of the molecule is Cc1ccc(NC(=O)c2cc(CF)cc(-n3ccnc3)c2)cc1-c1cc2cnc(CCCN)cc2n(CCN2CCOCC2)c1=O. The fourth-order valence-electron chi connectivity index (χ4n) is 5.85. The Morgan fingerprint density at radius 2 is 1.91 bits per heavy atom. The summed E-state index contributed by atoms with van der Waals surface area (Å²) >= 11 is 0. The lowest BCUT2D eigenvalue weighted by Crippen LogP contribution is -2.39. The van der Waals surface area contributed by atoms with Gasteiger partial charge in [-0.05, 0) is 85.5 Å². The fraction of sp³-hybridized carbons (Fsp3) is 0.314. The van der Waals surface area contributed by atoms with E-state index in [0.29, 0.717) is 59.9 Å². The summed E-state index contributed by atoms with van der Waals surface area (Å²) in [6, 6.07) is 14.3. The monoisotopic (exact) mass is 623 g/mol. The van der Waals surface area contributed by atoms with Crippen molar-refractivity contribution in [3.63, 3.8) is 0 Å². The Hall–Kier alpha value is -4.71. The molecule has 1 saturated heterocycles. The van der Waals surface area contributed by atoms with Crippen molar-refractivity contribution in [1.29, 1.82) is 0 Å². The predicted molar refractivity (Wildman–Crippen MR) is 177 cm³/mol. The molecule has 4 heterocycles. The van der Waals surface area contributed by atoms with E-state index in [0.717, 1.165) is 54.6 Å². The van der Waals surface area contributed by atoms with Crippen molar-refractivity contribution in [1.82, 2.24) is 24.0 Å². The average molecular weight is 624 g/mol. The number of hydrogen-bond donors (Lipinski definition) is 2. The molecule has 5 aromatic rings. The van der Waals surface area contributed by atoms with Crippen LogP contribution in [0.1, 0.15) is 33.6 Å². The number of nitrogens with one attached hydrogen (secondary N) is 1. The standard InChI is InChI=1S/C35H38FN7O3/c1-24-4-5-29(40-34(44)26-15-25(21-36)16-30(17-26)42-8-7-38-23-42)19-31(24)32-18-27-22-39-28(3-2-6-37)20-33(27)43(35(32)45)10-9-41-11-13-46-14-12-41/h4-5,7-8,15-20,22-23H,2-3,6,9-14,21,37H2,1H3,(H,40,44). The third kappa shape index (κ3) is 6.91. The molecular weight excluding hydrogens is 585 g/mol. The Bertz CT molecular complexity index is 1900. The summed E-state index contributed by atoms with van der Waals surface area (Å²) in [7, 11) is 0. The summed E-state index contributed by atoms with van der Waals surface area (Å²) in [5, 5.41) is 3.81. The van der Waals surface area contributed by atoms with Gasteiger partial charge in [-0.15, -0.1) is 0 Å². The quantitative estimate of drug-likeness (QED) is 0.222. The number of halogens is 1. The van der Waals surface area contributed by atoms with Crippen LogP contribution in [0.25, 0.3) is 27.7 Å². The first-order chi connectivity index (χ1) is 22.4. The number of pyridine rings is 2. The Morgan fingerprint density at radius 3 is 2.67 bits per heavy atom. The van der Waals surface area contributed by atoms with Gasteiger partial charge < -0.3 is 24.9 Å². The molecular formula is C35H38FN7O3. The topological polar surface area (TPSA) is 120 Å². The molecule has 3 aromatic heterocycles. The second kappa shape index (κ2) is 14.2. The van der Waals surface area contributed by atoms with E-state index in [1.54, 1.807) is 41.5 Å². The van der Waals surface area contributed by atoms with Crippen molar-refractivity contribution >= 4 is 22.5 Å². The number of nitrogens with zero attached hydrogens (tertiary/aromatic N) is 5. The summed E-state index contributed by atoms with van der Waals surface area (Å²) in [6.45, 7) is 6.07. The van der Waals surface area contributed by atoms with Crippen LogP contribution in [0.2, 0.25) is 0 Å². The van der Waals surface area contributed by atoms with E-state index in [2.05, 4.69) is 20.2 Å². The number of fused-ring (bicyclic) bond motifs is 1. The van der Waals surface area contributed by atoms with Gasteiger partial charge in [0.2, 0.25) is 0 Å². The number of nitrogens with two attached hydrogens (primary N) is 1. The zero-order chi connectivity index (χ0) is 32.0. The van der Waals surface area contributed by atoms with Gasteiger partial charge in [-0.2, -0.15) is 0 Å². The molecule has 0 aliphatic carbocycles. The number of ether oxygens (including phenoxy) is 1. The highest BCUT2D eigenvalue weighted by Crippen LogP contribution is 2.28. The van der Waals surface area contributed by atoms with Crippen molar-refractivity contribution in [2.45, 2.75) is 33.0 Å². The highest BCUT2D eigenvalue weighted by molar-refractivity contribution is 6.05. The van der Waals surface area contributed by atoms with E-state index in [4.69, 9.17) is 10.5 Å². The fourth-order valence-corrected chi connectivity index (χ4v) is 5.85. The van der Waals surface area contributed by atoms with Gasteiger partial charge in [-0.25, -0.2) is 9.37 Å². The molecule has 0 atom stereocenters. The number of alkyl halides is 1. The maximum absolute atomic E-state index is 14.3. The Balaban J connectivity index is 1.35. The number of amides is 1. The van der Waals surface area contributed by atoms with Crippen LogP contribution in [0.15, 0.2) is 78.2 Å². The lowest BCUT2D eigenvalue weighted by molar-refractivity contribution is 0.0364. The smallest absolute Gasteiger partial charge is 0.258 e. The largest absolute Gasteiger partial charge is 0.379 e. The first kappa shape index (κ1) is 31.3. The lowest BCUT2D eigenvalue weighted by Gasteiger charge is -2.27. The Morgan fingerprint density at radius 1 is 1.07 bits per heavy atom. The Labute approximate surface area is 266 Å². The zero-order valence-corrected chi connectivity index (χ0v) is 25.9. The van der Waals surface area contributed by atoms with Gasteiger partial charge in [0.15, 0.2) is 0 Å². The van der Waals surface area contributed by atoms with Gasteiger partial charge in [0.25, 0.3) is 11.5 Å². The molecule has 1 fully saturated rings. The van der Waals surface area contributed by atoms with E-state index in [1.165, 1.54) is 6.07 Å². The molecule has 46 heavy (non-hydrogen) atoms. The second-order valence-corrected chi connectivity index (χ2v) is 11.6. The first-order valence-corrected chi connectivity index (χ1v) is 15.6. The maximum Gasteiger partial charge on any atom is 0.258 e. The minimum Gasteiger partial charge on any atom is -0.379 e. The van der Waals surface area contributed by atoms with Crippen LogP contribution in [-0.4, -0.2) is 69.3 Å². The maximum atomic E-state index is 14.3. The van der Waals surface area contributed by atoms with Crippen LogP contribution in [0, 0.1) is 6.92 Å². The zero-order valence-electron chi connectivity index (χ0n) is 25.9. The second-order valence-electron chi connectivity index (χ2n) is 11.6. The van der Waals surface area contributed by atoms with Crippen LogP contribution in [0.4, 0.5) is 10.1 Å². The molecule has 11 heteroatoms. The molecule has 6 rings (SSSR count). The van der Waals surface area contributed by atoms with Gasteiger partial charge in [0, 0.05) is 78.4 Å². The predicted octanol–water partition coefficient (Wildman–Crippen LogP) is 4.50. The minimum atomic E-state index is -0.708. The van der Waals surface area contributed by atoms with Crippen LogP contribution >= 0.6 is 0 Å². The summed E-state index contributed by atoms with van der Waals surface area (Å²) in [5.74, 6) is -0.387. The molecule has 1 aliphatic heterocycles. The van der Waals surface area contributed by atoms with E-state index < -0.39 is 6.67 Å². The molecule has 0 spiro atoms. The number of aryl methyl sites for hydroxylation is 2. The number of imidazole rings is 1. The van der Waals surface area contributed by atoms with E-state index in [-0.39, 0.29) is 11.5 Å². The number of morpholine rings is 1. The molecule has 1 aliphatic rings. The van der Waals surface area contributed by atoms with Crippen LogP contribution in [0.3, 0.4) is 0 Å². The number of hydrogen-bond acceptors (Lipinski definition) is 7. The first-order valence-electron chi connectivity index (χ1n) is 15.6. The number of carbonyl (C=O) groups excluding carboxylic acids is 1. The Kier molecular flexibility index (Phi) is 9.62. The van der Waals surface area contributed by atoms with Crippen LogP contribution in [0.5, 0.6) is 0 Å². The van der Waals surface area contributed by atoms with Crippen molar-refractivity contribution in [2.24, 2.45) is 5.73 Å². The van der Waals surface area contributed by atoms with Gasteiger partial charge in [0.05, 0.1) is 25.1 Å². The molecule has 238 valence electrons. The summed E-state index contributed by atoms with van der Waals surface area (Å²) < 4.78 is 22.8. The van der Waals surface area contributed by atoms with Gasteiger partial charge in [-0.3, -0.25) is 19.5 Å². The summed E-state index contributed by atoms with van der Waals surface area (Å²) in [6.07, 6.45) is 8.33. The van der Waals surface area contributed by atoms with Crippen molar-refractivity contribution in [3.05, 3.63) is 106 Å². The van der Waals surface area contributed by atoms with E-state index in [9.17, 15) is 14.0 Å². The number of anilines is 1. The molecule has 0 saturated carbocycles. The van der Waals surface area contributed by atoms with E-state index in [1.807, 2.05) is 42.0 Å². The lowest BCUT2D eigenvalue weighted by atomic mass is 9.99. The van der Waals surface area contributed by atoms with Crippen LogP contribution in [-0.2, 0) is 24.4 Å². The molecule has 0 unspecified atom stereocenters. The highest BCUT2D eigenvalue weighted by atomic mass is 19.1. The number of aromatic nitrogens is 4. The minimum absolute atomic E-state index is 0.107. The van der Waals surface area contributed by atoms with Gasteiger partial charge in [0.1, 0.15) is 6.67 Å². The van der Waals surface area contributed by atoms with Gasteiger partial charge >= 0.3 is 0 Å². The molecule has 2 aromatic carbocycles. The number of rotatable bonds is 11. The van der Waals surface area contributed by atoms with Gasteiger partial charge in [-0.1, -0.05) is 6.07 Å². The average Bonchev–Trinajstić information content (AvgIpc) is 3.63. The van der Waals surface area contributed by atoms with Crippen molar-refractivity contribution in [3.8, 4) is 16.8 Å². The number of benzene rings is 2. The molecule has 0 bridgehead atoms. The van der Waals surface area contributed by atoms with Crippen molar-refractivity contribution < 1.29 is 13.9 Å². The van der Waals surface area contributed by atoms with Crippen molar-refractivity contribution in [2.75, 3.05) is 44.7 Å². The van der Waals surface area contributed by atoms with Crippen LogP contribution < -0.4 is 16.6 Å². The molecule has 0 radical (unpaired) electrons. The summed E-state index contributed by atoms with van der Waals surface area (Å²) in [5.41, 5.74) is 11.4. The third-order valence-electron chi connectivity index (χ3n) is 8.40. The summed E-state index contributed by atoms with van der Waals surface area (Å²) in [4.78, 5) is 38.7. The number of carbonyl (C=O) groups is 1. The normalized spacial score (nSPS) is 13.7. The molecule has 3 N–H and O–H groups in total. The van der Waals surface area contributed by atoms with E-state index >= 15 is 0 Å². The highest BCUT2D eigenvalue weighted by Gasteiger charge is 2.18. The molecule has 1 amide bonds. The molecule has 10 nitrogen and oxygen atoms in total. The third-order valence-corrected chi connectivity index (χ3v) is 8.40.